The minimum atomic E-state index is -0.969. The van der Waals surface area contributed by atoms with E-state index in [1.54, 1.807) is 42.5 Å². The van der Waals surface area contributed by atoms with E-state index >= 15 is 0 Å². The maximum atomic E-state index is 14.1. The summed E-state index contributed by atoms with van der Waals surface area (Å²) in [5, 5.41) is 32.6. The number of nitriles is 1. The van der Waals surface area contributed by atoms with Crippen LogP contribution in [0.4, 0.5) is 4.39 Å². The molecule has 0 radical (unpaired) electrons. The zero-order valence-electron chi connectivity index (χ0n) is 18.6. The first-order valence-corrected chi connectivity index (χ1v) is 10.3. The van der Waals surface area contributed by atoms with Crippen molar-refractivity contribution < 1.29 is 28.9 Å². The maximum absolute atomic E-state index is 14.1. The van der Waals surface area contributed by atoms with Crippen LogP contribution in [-0.4, -0.2) is 35.6 Å². The van der Waals surface area contributed by atoms with Crippen molar-refractivity contribution in [1.82, 2.24) is 0 Å². The van der Waals surface area contributed by atoms with Gasteiger partial charge in [0.15, 0.2) is 0 Å². The summed E-state index contributed by atoms with van der Waals surface area (Å²) < 4.78 is 25.3. The molecule has 0 saturated carbocycles. The van der Waals surface area contributed by atoms with E-state index in [1.807, 2.05) is 18.2 Å². The van der Waals surface area contributed by atoms with Crippen molar-refractivity contribution in [1.29, 1.82) is 10.7 Å². The zero-order chi connectivity index (χ0) is 24.9. The summed E-state index contributed by atoms with van der Waals surface area (Å²) in [7, 11) is 1.00. The van der Waals surface area contributed by atoms with Crippen molar-refractivity contribution in [2.45, 2.75) is 19.4 Å². The molecule has 0 aliphatic rings. The summed E-state index contributed by atoms with van der Waals surface area (Å²) in [5.74, 6) is -0.501. The third-order valence-corrected chi connectivity index (χ3v) is 4.71. The van der Waals surface area contributed by atoms with Crippen LogP contribution >= 0.6 is 0 Å². The monoisotopic (exact) mass is 464 g/mol. The van der Waals surface area contributed by atoms with Crippen molar-refractivity contribution in [2.24, 2.45) is 0 Å². The molecule has 176 valence electrons. The third-order valence-electron chi connectivity index (χ3n) is 4.71. The number of benzene rings is 3. The number of aliphatic hydroxyl groups is 1. The molecule has 0 bridgehead atoms. The standard InChI is InChI=1S/C25H21FN2O4.CH4O/c26-23-13-22(11-7-19(23)8-12-25(29)30)31-15-18-3-9-21(10-4-18)32-16-24(28)20-5-1-17(14-27)2-6-20;1-2/h1-7,9-11,13,28H,8,12,15-16H2,(H,29,30);2H,1H3. The third kappa shape index (κ3) is 8.04. The number of carboxylic acids is 1. The van der Waals surface area contributed by atoms with Gasteiger partial charge in [0, 0.05) is 19.6 Å². The highest BCUT2D eigenvalue weighted by Gasteiger charge is 2.08. The van der Waals surface area contributed by atoms with Gasteiger partial charge in [0.25, 0.3) is 0 Å². The fraction of sp³-hybridized carbons (Fsp3) is 0.192. The van der Waals surface area contributed by atoms with Crippen LogP contribution in [0.25, 0.3) is 0 Å². The number of ether oxygens (including phenoxy) is 2. The van der Waals surface area contributed by atoms with Crippen LogP contribution in [-0.2, 0) is 17.8 Å². The van der Waals surface area contributed by atoms with E-state index in [0.29, 0.717) is 33.9 Å². The van der Waals surface area contributed by atoms with E-state index in [2.05, 4.69) is 0 Å². The van der Waals surface area contributed by atoms with Gasteiger partial charge >= 0.3 is 5.97 Å². The molecule has 0 aliphatic carbocycles. The molecule has 0 heterocycles. The molecule has 0 atom stereocenters. The predicted octanol–water partition coefficient (Wildman–Crippen LogP) is 4.35. The number of carbonyl (C=O) groups is 1. The van der Waals surface area contributed by atoms with Crippen molar-refractivity contribution in [3.05, 3.63) is 94.8 Å². The summed E-state index contributed by atoms with van der Waals surface area (Å²) in [5.41, 5.74) is 2.73. The van der Waals surface area contributed by atoms with Gasteiger partial charge < -0.3 is 25.1 Å². The van der Waals surface area contributed by atoms with E-state index in [0.717, 1.165) is 12.7 Å². The normalized spacial score (nSPS) is 9.82. The Morgan fingerprint density at radius 2 is 1.65 bits per heavy atom. The van der Waals surface area contributed by atoms with Gasteiger partial charge in [-0.15, -0.1) is 0 Å². The highest BCUT2D eigenvalue weighted by atomic mass is 19.1. The number of aryl methyl sites for hydroxylation is 1. The van der Waals surface area contributed by atoms with Gasteiger partial charge in [0.1, 0.15) is 30.5 Å². The van der Waals surface area contributed by atoms with E-state index in [9.17, 15) is 9.18 Å². The molecule has 0 aromatic heterocycles. The Morgan fingerprint density at radius 1 is 1.00 bits per heavy atom. The lowest BCUT2D eigenvalue weighted by molar-refractivity contribution is -0.136. The SMILES string of the molecule is CO.N#Cc1ccc(C(=N)COc2ccc(COc3ccc(CCC(=O)O)c(F)c3)cc2)cc1. The minimum Gasteiger partial charge on any atom is -0.489 e. The molecule has 3 aromatic rings. The summed E-state index contributed by atoms with van der Waals surface area (Å²) >= 11 is 0. The molecule has 3 rings (SSSR count). The first-order chi connectivity index (χ1) is 16.4. The average Bonchev–Trinajstić information content (AvgIpc) is 2.87. The van der Waals surface area contributed by atoms with Gasteiger partial charge in [0.2, 0.25) is 0 Å². The largest absolute Gasteiger partial charge is 0.489 e. The van der Waals surface area contributed by atoms with E-state index in [-0.39, 0.29) is 26.1 Å². The molecule has 0 spiro atoms. The molecular weight excluding hydrogens is 439 g/mol. The molecule has 8 heteroatoms. The highest BCUT2D eigenvalue weighted by Crippen LogP contribution is 2.20. The van der Waals surface area contributed by atoms with Gasteiger partial charge in [-0.1, -0.05) is 30.3 Å². The number of hydrogen-bond donors (Lipinski definition) is 3. The maximum Gasteiger partial charge on any atom is 0.303 e. The van der Waals surface area contributed by atoms with Crippen LogP contribution in [0.15, 0.2) is 66.7 Å². The number of aliphatic hydroxyl groups excluding tert-OH is 1. The lowest BCUT2D eigenvalue weighted by Gasteiger charge is -2.10. The second kappa shape index (κ2) is 13.4. The summed E-state index contributed by atoms with van der Waals surface area (Å²) in [6, 6.07) is 20.4. The molecule has 34 heavy (non-hydrogen) atoms. The smallest absolute Gasteiger partial charge is 0.303 e. The molecule has 3 N–H and O–H groups in total. The Morgan fingerprint density at radius 3 is 2.24 bits per heavy atom. The van der Waals surface area contributed by atoms with Crippen LogP contribution in [0.5, 0.6) is 11.5 Å². The average molecular weight is 464 g/mol. The van der Waals surface area contributed by atoms with Crippen molar-refractivity contribution in [2.75, 3.05) is 13.7 Å². The van der Waals surface area contributed by atoms with E-state index in [1.165, 1.54) is 12.1 Å². The minimum absolute atomic E-state index is 0.0925. The lowest BCUT2D eigenvalue weighted by Crippen LogP contribution is -2.11. The van der Waals surface area contributed by atoms with Crippen LogP contribution in [0.2, 0.25) is 0 Å². The highest BCUT2D eigenvalue weighted by molar-refractivity contribution is 5.99. The second-order valence-corrected chi connectivity index (χ2v) is 7.04. The van der Waals surface area contributed by atoms with E-state index < -0.39 is 11.8 Å². The number of rotatable bonds is 10. The first-order valence-electron chi connectivity index (χ1n) is 10.3. The van der Waals surface area contributed by atoms with Gasteiger partial charge in [-0.05, 0) is 53.4 Å². The number of hydrogen-bond acceptors (Lipinski definition) is 6. The van der Waals surface area contributed by atoms with Crippen molar-refractivity contribution in [3.63, 3.8) is 0 Å². The molecule has 7 nitrogen and oxygen atoms in total. The Hall–Kier alpha value is -4.22. The lowest BCUT2D eigenvalue weighted by atomic mass is 10.1. The molecule has 0 saturated heterocycles. The first kappa shape index (κ1) is 26.0. The molecule has 0 fully saturated rings. The molecule has 0 amide bonds. The molecule has 0 aliphatic heterocycles. The molecule has 3 aromatic carbocycles. The number of halogens is 1. The van der Waals surface area contributed by atoms with Crippen LogP contribution in [0.1, 0.15) is 28.7 Å². The van der Waals surface area contributed by atoms with Crippen LogP contribution < -0.4 is 9.47 Å². The Bertz CT molecular complexity index is 1140. The van der Waals surface area contributed by atoms with Crippen LogP contribution in [0, 0.1) is 22.6 Å². The molecular formula is C26H25FN2O5. The Balaban J connectivity index is 0.00000199. The van der Waals surface area contributed by atoms with Gasteiger partial charge in [-0.25, -0.2) is 4.39 Å². The van der Waals surface area contributed by atoms with Gasteiger partial charge in [-0.3, -0.25) is 4.79 Å². The van der Waals surface area contributed by atoms with E-state index in [4.69, 9.17) is 30.4 Å². The second-order valence-electron chi connectivity index (χ2n) is 7.04. The number of carboxylic acid groups (broad SMARTS) is 1. The quantitative estimate of drug-likeness (QED) is 0.383. The van der Waals surface area contributed by atoms with Crippen LogP contribution in [0.3, 0.4) is 0 Å². The number of nitrogens with zero attached hydrogens (tertiary/aromatic N) is 1. The van der Waals surface area contributed by atoms with Gasteiger partial charge in [0.05, 0.1) is 17.3 Å². The van der Waals surface area contributed by atoms with Crippen molar-refractivity contribution in [3.8, 4) is 17.6 Å². The van der Waals surface area contributed by atoms with Crippen molar-refractivity contribution >= 4 is 11.7 Å². The Kier molecular flexibility index (Phi) is 10.2. The Labute approximate surface area is 197 Å². The molecule has 0 unspecified atom stereocenters. The summed E-state index contributed by atoms with van der Waals surface area (Å²) in [4.78, 5) is 10.6. The number of aliphatic carboxylic acids is 1. The number of nitrogens with one attached hydrogen (secondary N) is 1. The zero-order valence-corrected chi connectivity index (χ0v) is 18.6. The topological polar surface area (TPSA) is 124 Å². The summed E-state index contributed by atoms with van der Waals surface area (Å²) in [6.07, 6.45) is 0.00401. The fourth-order valence-electron chi connectivity index (χ4n) is 2.90. The van der Waals surface area contributed by atoms with Gasteiger partial charge in [-0.2, -0.15) is 5.26 Å². The summed E-state index contributed by atoms with van der Waals surface area (Å²) in [6.45, 7) is 0.324. The fourth-order valence-corrected chi connectivity index (χ4v) is 2.90. The predicted molar refractivity (Wildman–Crippen MR) is 125 cm³/mol.